The molecule has 0 spiro atoms. The lowest BCUT2D eigenvalue weighted by molar-refractivity contribution is -0.131. The van der Waals surface area contributed by atoms with Gasteiger partial charge in [-0.25, -0.2) is 9.37 Å². The zero-order valence-electron chi connectivity index (χ0n) is 14.9. The van der Waals surface area contributed by atoms with Gasteiger partial charge in [0.25, 0.3) is 0 Å². The Bertz CT molecular complexity index is 999. The summed E-state index contributed by atoms with van der Waals surface area (Å²) in [5, 5.41) is 3.62. The van der Waals surface area contributed by atoms with Gasteiger partial charge in [0.1, 0.15) is 10.8 Å². The maximum atomic E-state index is 14.2. The largest absolute Gasteiger partial charge is 0.335 e. The standard InChI is InChI=1S/C21H17Cl2FN2OS/c22-17-5-2-1-4-15(17)21-25-13(12-28-21)10-20(27)26(14-8-9-14)11-16-18(23)6-3-7-19(16)24/h1-7,12,14H,8-11H2. The van der Waals surface area contributed by atoms with Crippen molar-refractivity contribution in [3.8, 4) is 10.6 Å². The molecule has 1 saturated carbocycles. The van der Waals surface area contributed by atoms with E-state index in [0.717, 1.165) is 23.4 Å². The molecule has 0 N–H and O–H groups in total. The Labute approximate surface area is 176 Å². The van der Waals surface area contributed by atoms with E-state index in [9.17, 15) is 9.18 Å². The third-order valence-electron chi connectivity index (χ3n) is 4.69. The molecule has 0 unspecified atom stereocenters. The van der Waals surface area contributed by atoms with Crippen molar-refractivity contribution in [2.24, 2.45) is 0 Å². The Morgan fingerprint density at radius 3 is 2.61 bits per heavy atom. The van der Waals surface area contributed by atoms with Crippen molar-refractivity contribution in [1.29, 1.82) is 0 Å². The molecule has 0 saturated heterocycles. The van der Waals surface area contributed by atoms with E-state index in [4.69, 9.17) is 23.2 Å². The van der Waals surface area contributed by atoms with E-state index in [-0.39, 0.29) is 30.7 Å². The highest BCUT2D eigenvalue weighted by atomic mass is 35.5. The molecule has 1 fully saturated rings. The molecule has 2 aromatic carbocycles. The molecule has 1 aliphatic carbocycles. The summed E-state index contributed by atoms with van der Waals surface area (Å²) in [7, 11) is 0. The van der Waals surface area contributed by atoms with Crippen LogP contribution in [0.2, 0.25) is 10.0 Å². The van der Waals surface area contributed by atoms with Crippen LogP contribution >= 0.6 is 34.5 Å². The van der Waals surface area contributed by atoms with Gasteiger partial charge in [0.2, 0.25) is 5.91 Å². The average Bonchev–Trinajstić information content (AvgIpc) is 3.40. The van der Waals surface area contributed by atoms with Crippen molar-refractivity contribution < 1.29 is 9.18 Å². The molecule has 0 aliphatic heterocycles. The number of benzene rings is 2. The summed E-state index contributed by atoms with van der Waals surface area (Å²) in [6.45, 7) is 0.177. The first-order chi connectivity index (χ1) is 13.5. The molecular formula is C21H17Cl2FN2OS. The SMILES string of the molecule is O=C(Cc1csc(-c2ccccc2Cl)n1)N(Cc1c(F)cccc1Cl)C1CC1. The van der Waals surface area contributed by atoms with Gasteiger partial charge < -0.3 is 4.90 Å². The van der Waals surface area contributed by atoms with Gasteiger partial charge in [-0.2, -0.15) is 0 Å². The summed E-state index contributed by atoms with van der Waals surface area (Å²) >= 11 is 13.8. The lowest BCUT2D eigenvalue weighted by Crippen LogP contribution is -2.34. The van der Waals surface area contributed by atoms with Crippen molar-refractivity contribution in [3.05, 3.63) is 75.0 Å². The van der Waals surface area contributed by atoms with Crippen LogP contribution in [0.3, 0.4) is 0 Å². The van der Waals surface area contributed by atoms with Gasteiger partial charge in [0, 0.05) is 27.6 Å². The van der Waals surface area contributed by atoms with Gasteiger partial charge in [-0.05, 0) is 31.0 Å². The van der Waals surface area contributed by atoms with E-state index >= 15 is 0 Å². The van der Waals surface area contributed by atoms with Crippen LogP contribution in [-0.2, 0) is 17.8 Å². The molecule has 144 valence electrons. The van der Waals surface area contributed by atoms with Crippen LogP contribution in [0.5, 0.6) is 0 Å². The summed E-state index contributed by atoms with van der Waals surface area (Å²) in [6.07, 6.45) is 2.03. The first kappa shape index (κ1) is 19.4. The Morgan fingerprint density at radius 2 is 1.89 bits per heavy atom. The molecule has 1 amide bonds. The quantitative estimate of drug-likeness (QED) is 0.477. The van der Waals surface area contributed by atoms with Crippen LogP contribution in [0, 0.1) is 5.82 Å². The van der Waals surface area contributed by atoms with Crippen LogP contribution in [0.25, 0.3) is 10.6 Å². The van der Waals surface area contributed by atoms with E-state index in [2.05, 4.69) is 4.98 Å². The monoisotopic (exact) mass is 434 g/mol. The Balaban J connectivity index is 1.51. The molecule has 1 aliphatic rings. The van der Waals surface area contributed by atoms with Gasteiger partial charge in [0.05, 0.1) is 23.7 Å². The molecule has 1 heterocycles. The molecule has 7 heteroatoms. The predicted molar refractivity (Wildman–Crippen MR) is 111 cm³/mol. The fourth-order valence-corrected chi connectivity index (χ4v) is 4.43. The second kappa shape index (κ2) is 8.19. The molecule has 3 nitrogen and oxygen atoms in total. The summed E-state index contributed by atoms with van der Waals surface area (Å²) in [6, 6.07) is 12.2. The Hall–Kier alpha value is -1.95. The smallest absolute Gasteiger partial charge is 0.229 e. The number of thiazole rings is 1. The summed E-state index contributed by atoms with van der Waals surface area (Å²) in [5.74, 6) is -0.460. The van der Waals surface area contributed by atoms with E-state index in [1.54, 1.807) is 17.0 Å². The van der Waals surface area contributed by atoms with Crippen LogP contribution in [0.15, 0.2) is 47.8 Å². The van der Waals surface area contributed by atoms with Gasteiger partial charge in [-0.15, -0.1) is 11.3 Å². The minimum atomic E-state index is -0.388. The lowest BCUT2D eigenvalue weighted by Gasteiger charge is -2.23. The summed E-state index contributed by atoms with van der Waals surface area (Å²) in [5.41, 5.74) is 1.90. The minimum Gasteiger partial charge on any atom is -0.335 e. The van der Waals surface area contributed by atoms with Gasteiger partial charge in [-0.1, -0.05) is 47.5 Å². The molecule has 1 aromatic heterocycles. The number of hydrogen-bond acceptors (Lipinski definition) is 3. The number of rotatable bonds is 6. The molecule has 0 bridgehead atoms. The zero-order valence-corrected chi connectivity index (χ0v) is 17.2. The first-order valence-corrected chi connectivity index (χ1v) is 10.6. The van der Waals surface area contributed by atoms with Crippen molar-refractivity contribution in [2.75, 3.05) is 0 Å². The van der Waals surface area contributed by atoms with Crippen LogP contribution in [0.4, 0.5) is 4.39 Å². The number of aromatic nitrogens is 1. The first-order valence-electron chi connectivity index (χ1n) is 8.94. The Morgan fingerprint density at radius 1 is 1.14 bits per heavy atom. The fourth-order valence-electron chi connectivity index (χ4n) is 3.06. The van der Waals surface area contributed by atoms with Crippen molar-refractivity contribution in [1.82, 2.24) is 9.88 Å². The average molecular weight is 435 g/mol. The highest BCUT2D eigenvalue weighted by Crippen LogP contribution is 2.33. The molecule has 0 atom stereocenters. The second-order valence-corrected chi connectivity index (χ2v) is 8.43. The molecule has 28 heavy (non-hydrogen) atoms. The van der Waals surface area contributed by atoms with Crippen LogP contribution < -0.4 is 0 Å². The van der Waals surface area contributed by atoms with Crippen molar-refractivity contribution >= 4 is 40.4 Å². The van der Waals surface area contributed by atoms with Crippen molar-refractivity contribution in [3.63, 3.8) is 0 Å². The van der Waals surface area contributed by atoms with Gasteiger partial charge in [-0.3, -0.25) is 4.79 Å². The highest BCUT2D eigenvalue weighted by Gasteiger charge is 2.33. The number of halogens is 3. The van der Waals surface area contributed by atoms with Gasteiger partial charge in [0.15, 0.2) is 0 Å². The molecule has 4 rings (SSSR count). The second-order valence-electron chi connectivity index (χ2n) is 6.75. The summed E-state index contributed by atoms with van der Waals surface area (Å²) < 4.78 is 14.2. The number of nitrogens with zero attached hydrogens (tertiary/aromatic N) is 2. The normalized spacial score (nSPS) is 13.5. The maximum Gasteiger partial charge on any atom is 0.229 e. The third-order valence-corrected chi connectivity index (χ3v) is 6.29. The fraction of sp³-hybridized carbons (Fsp3) is 0.238. The Kier molecular flexibility index (Phi) is 5.67. The maximum absolute atomic E-state index is 14.2. The number of amides is 1. The predicted octanol–water partition coefficient (Wildman–Crippen LogP) is 5.99. The van der Waals surface area contributed by atoms with Crippen LogP contribution in [-0.4, -0.2) is 21.8 Å². The lowest BCUT2D eigenvalue weighted by atomic mass is 10.1. The van der Waals surface area contributed by atoms with E-state index in [1.807, 2.05) is 29.6 Å². The summed E-state index contributed by atoms with van der Waals surface area (Å²) in [4.78, 5) is 19.2. The van der Waals surface area contributed by atoms with E-state index in [1.165, 1.54) is 17.4 Å². The van der Waals surface area contributed by atoms with Gasteiger partial charge >= 0.3 is 0 Å². The van der Waals surface area contributed by atoms with E-state index in [0.29, 0.717) is 21.3 Å². The number of carbonyl (C=O) groups is 1. The topological polar surface area (TPSA) is 33.2 Å². The third kappa shape index (κ3) is 4.22. The van der Waals surface area contributed by atoms with Crippen LogP contribution in [0.1, 0.15) is 24.1 Å². The molecule has 0 radical (unpaired) electrons. The molecule has 3 aromatic rings. The molecular weight excluding hydrogens is 418 g/mol. The van der Waals surface area contributed by atoms with E-state index < -0.39 is 0 Å². The minimum absolute atomic E-state index is 0.0715. The number of carbonyl (C=O) groups excluding carboxylic acids is 1. The highest BCUT2D eigenvalue weighted by molar-refractivity contribution is 7.13. The van der Waals surface area contributed by atoms with Crippen molar-refractivity contribution in [2.45, 2.75) is 31.8 Å². The zero-order chi connectivity index (χ0) is 19.7. The number of hydrogen-bond donors (Lipinski definition) is 0.